The molecule has 0 bridgehead atoms. The minimum atomic E-state index is -0.188. The van der Waals surface area contributed by atoms with Crippen LogP contribution in [0.1, 0.15) is 0 Å². The fourth-order valence-electron chi connectivity index (χ4n) is 1.47. The molecule has 4 nitrogen and oxygen atoms in total. The average molecular weight is 192 g/mol. The smallest absolute Gasteiger partial charge is 0.0637 e. The van der Waals surface area contributed by atoms with Crippen molar-refractivity contribution in [3.63, 3.8) is 0 Å². The first-order chi connectivity index (χ1) is 6.24. The lowest BCUT2D eigenvalue weighted by atomic mass is 9.92. The molecular formula is C9H20O4. The molecule has 13 heavy (non-hydrogen) atoms. The molecule has 0 aliphatic rings. The van der Waals surface area contributed by atoms with Gasteiger partial charge in [-0.05, 0) is 0 Å². The number of methoxy groups -OCH3 is 4. The van der Waals surface area contributed by atoms with E-state index in [1.165, 1.54) is 0 Å². The molecule has 0 aliphatic carbocycles. The molecular weight excluding hydrogens is 172 g/mol. The molecule has 0 aromatic rings. The van der Waals surface area contributed by atoms with E-state index < -0.39 is 0 Å². The average Bonchev–Trinajstić information content (AvgIpc) is 2.06. The van der Waals surface area contributed by atoms with Gasteiger partial charge in [0.05, 0.1) is 31.8 Å². The standard InChI is InChI=1S/C9H20O4/c1-10-5-9(6-11-2,7-12-3)8-13-4/h5-8H2,1-4H3. The molecule has 0 radical (unpaired) electrons. The van der Waals surface area contributed by atoms with Crippen LogP contribution in [0.15, 0.2) is 0 Å². The van der Waals surface area contributed by atoms with Crippen molar-refractivity contribution in [2.75, 3.05) is 54.9 Å². The Labute approximate surface area is 80.1 Å². The first-order valence-corrected chi connectivity index (χ1v) is 4.20. The molecule has 0 spiro atoms. The van der Waals surface area contributed by atoms with Gasteiger partial charge in [0, 0.05) is 28.4 Å². The second-order valence-corrected chi connectivity index (χ2v) is 3.23. The van der Waals surface area contributed by atoms with Crippen LogP contribution >= 0.6 is 0 Å². The molecule has 0 aromatic carbocycles. The van der Waals surface area contributed by atoms with Crippen molar-refractivity contribution in [1.82, 2.24) is 0 Å². The van der Waals surface area contributed by atoms with Gasteiger partial charge in [-0.1, -0.05) is 0 Å². The highest BCUT2D eigenvalue weighted by molar-refractivity contribution is 4.78. The molecule has 0 unspecified atom stereocenters. The van der Waals surface area contributed by atoms with Crippen LogP contribution < -0.4 is 0 Å². The lowest BCUT2D eigenvalue weighted by Crippen LogP contribution is -2.40. The summed E-state index contributed by atoms with van der Waals surface area (Å²) in [6.45, 7) is 2.29. The summed E-state index contributed by atoms with van der Waals surface area (Å²) in [5.41, 5.74) is -0.188. The molecule has 4 heteroatoms. The van der Waals surface area contributed by atoms with Crippen LogP contribution in [0, 0.1) is 5.41 Å². The Hall–Kier alpha value is -0.160. The van der Waals surface area contributed by atoms with Gasteiger partial charge in [-0.15, -0.1) is 0 Å². The van der Waals surface area contributed by atoms with E-state index in [4.69, 9.17) is 18.9 Å². The van der Waals surface area contributed by atoms with Crippen molar-refractivity contribution in [3.05, 3.63) is 0 Å². The van der Waals surface area contributed by atoms with Gasteiger partial charge in [-0.25, -0.2) is 0 Å². The highest BCUT2D eigenvalue weighted by Gasteiger charge is 2.30. The van der Waals surface area contributed by atoms with Gasteiger partial charge in [0.15, 0.2) is 0 Å². The molecule has 0 saturated heterocycles. The van der Waals surface area contributed by atoms with Gasteiger partial charge < -0.3 is 18.9 Å². The summed E-state index contributed by atoms with van der Waals surface area (Å²) in [7, 11) is 6.65. The quantitative estimate of drug-likeness (QED) is 0.563. The Kier molecular flexibility index (Phi) is 7.17. The largest absolute Gasteiger partial charge is 0.384 e. The minimum Gasteiger partial charge on any atom is -0.384 e. The van der Waals surface area contributed by atoms with Crippen LogP contribution in [-0.2, 0) is 18.9 Å². The van der Waals surface area contributed by atoms with Gasteiger partial charge in [-0.2, -0.15) is 0 Å². The highest BCUT2D eigenvalue weighted by atomic mass is 16.5. The predicted molar refractivity (Wildman–Crippen MR) is 49.9 cm³/mol. The van der Waals surface area contributed by atoms with Crippen molar-refractivity contribution >= 4 is 0 Å². The normalized spacial score (nSPS) is 12.0. The molecule has 0 heterocycles. The fourth-order valence-corrected chi connectivity index (χ4v) is 1.47. The third-order valence-corrected chi connectivity index (χ3v) is 1.80. The molecule has 0 amide bonds. The first-order valence-electron chi connectivity index (χ1n) is 4.20. The van der Waals surface area contributed by atoms with Gasteiger partial charge in [0.2, 0.25) is 0 Å². The highest BCUT2D eigenvalue weighted by Crippen LogP contribution is 2.19. The van der Waals surface area contributed by atoms with Crippen LogP contribution in [0.25, 0.3) is 0 Å². The molecule has 0 N–H and O–H groups in total. The Morgan fingerprint density at radius 3 is 1.00 bits per heavy atom. The van der Waals surface area contributed by atoms with E-state index in [1.54, 1.807) is 28.4 Å². The summed E-state index contributed by atoms with van der Waals surface area (Å²) < 4.78 is 20.5. The summed E-state index contributed by atoms with van der Waals surface area (Å²) in [4.78, 5) is 0. The van der Waals surface area contributed by atoms with Crippen LogP contribution in [-0.4, -0.2) is 54.9 Å². The van der Waals surface area contributed by atoms with Gasteiger partial charge in [-0.3, -0.25) is 0 Å². The maximum absolute atomic E-state index is 5.12. The van der Waals surface area contributed by atoms with E-state index in [9.17, 15) is 0 Å². The third kappa shape index (κ3) is 4.57. The van der Waals surface area contributed by atoms with Crippen molar-refractivity contribution in [1.29, 1.82) is 0 Å². The maximum atomic E-state index is 5.12. The van der Waals surface area contributed by atoms with Crippen molar-refractivity contribution < 1.29 is 18.9 Å². The monoisotopic (exact) mass is 192 g/mol. The SMILES string of the molecule is COCC(COC)(COC)COC. The summed E-state index contributed by atoms with van der Waals surface area (Å²) in [6, 6.07) is 0. The van der Waals surface area contributed by atoms with Crippen LogP contribution in [0.4, 0.5) is 0 Å². The summed E-state index contributed by atoms with van der Waals surface area (Å²) in [5.74, 6) is 0. The topological polar surface area (TPSA) is 36.9 Å². The van der Waals surface area contributed by atoms with Crippen LogP contribution in [0.3, 0.4) is 0 Å². The molecule has 0 aliphatic heterocycles. The Morgan fingerprint density at radius 1 is 0.615 bits per heavy atom. The number of hydrogen-bond acceptors (Lipinski definition) is 4. The number of ether oxygens (including phenoxy) is 4. The molecule has 80 valence electrons. The van der Waals surface area contributed by atoms with Gasteiger partial charge in [0.1, 0.15) is 0 Å². The van der Waals surface area contributed by atoms with Gasteiger partial charge >= 0.3 is 0 Å². The summed E-state index contributed by atoms with van der Waals surface area (Å²) >= 11 is 0. The predicted octanol–water partition coefficient (Wildman–Crippen LogP) is 0.558. The minimum absolute atomic E-state index is 0.188. The molecule has 0 saturated carbocycles. The maximum Gasteiger partial charge on any atom is 0.0637 e. The zero-order chi connectivity index (χ0) is 10.2. The van der Waals surface area contributed by atoms with Crippen LogP contribution in [0.5, 0.6) is 0 Å². The number of rotatable bonds is 8. The molecule has 0 rings (SSSR count). The lowest BCUT2D eigenvalue weighted by molar-refractivity contribution is -0.0760. The van der Waals surface area contributed by atoms with E-state index in [-0.39, 0.29) is 5.41 Å². The Morgan fingerprint density at radius 2 is 0.846 bits per heavy atom. The number of hydrogen-bond donors (Lipinski definition) is 0. The Bertz CT molecular complexity index is 86.7. The second-order valence-electron chi connectivity index (χ2n) is 3.23. The second kappa shape index (κ2) is 7.26. The van der Waals surface area contributed by atoms with Crippen molar-refractivity contribution in [3.8, 4) is 0 Å². The van der Waals surface area contributed by atoms with Crippen molar-refractivity contribution in [2.24, 2.45) is 5.41 Å². The Balaban J connectivity index is 4.19. The zero-order valence-electron chi connectivity index (χ0n) is 8.96. The summed E-state index contributed by atoms with van der Waals surface area (Å²) in [6.07, 6.45) is 0. The first kappa shape index (κ1) is 12.8. The van der Waals surface area contributed by atoms with E-state index in [0.29, 0.717) is 26.4 Å². The molecule has 0 atom stereocenters. The van der Waals surface area contributed by atoms with E-state index >= 15 is 0 Å². The van der Waals surface area contributed by atoms with Crippen molar-refractivity contribution in [2.45, 2.75) is 0 Å². The third-order valence-electron chi connectivity index (χ3n) is 1.80. The fraction of sp³-hybridized carbons (Fsp3) is 1.00. The van der Waals surface area contributed by atoms with Crippen LogP contribution in [0.2, 0.25) is 0 Å². The lowest BCUT2D eigenvalue weighted by Gasteiger charge is -2.30. The van der Waals surface area contributed by atoms with Gasteiger partial charge in [0.25, 0.3) is 0 Å². The van der Waals surface area contributed by atoms with E-state index in [2.05, 4.69) is 0 Å². The zero-order valence-corrected chi connectivity index (χ0v) is 8.96. The molecule has 0 fully saturated rings. The summed E-state index contributed by atoms with van der Waals surface area (Å²) in [5, 5.41) is 0. The van der Waals surface area contributed by atoms with E-state index in [0.717, 1.165) is 0 Å². The van der Waals surface area contributed by atoms with E-state index in [1.807, 2.05) is 0 Å². The molecule has 0 aromatic heterocycles.